The molecule has 2 amide bonds. The monoisotopic (exact) mass is 464 g/mol. The number of rotatable bonds is 10. The number of hydrogen-bond acceptors (Lipinski definition) is 3. The van der Waals surface area contributed by atoms with Crippen LogP contribution in [0.1, 0.15) is 44.7 Å². The van der Waals surface area contributed by atoms with Crippen molar-refractivity contribution in [2.75, 3.05) is 6.61 Å². The molecule has 0 bridgehead atoms. The molecule has 1 N–H and O–H groups in total. The molecule has 0 aliphatic carbocycles. The fourth-order valence-electron chi connectivity index (χ4n) is 3.16. The van der Waals surface area contributed by atoms with Crippen molar-refractivity contribution in [3.05, 3.63) is 63.6 Å². The lowest BCUT2D eigenvalue weighted by Crippen LogP contribution is -2.51. The maximum Gasteiger partial charge on any atom is 0.261 e. The Morgan fingerprint density at radius 2 is 1.68 bits per heavy atom. The number of carbonyl (C=O) groups is 2. The molecular formula is C24H30Cl2N2O3. The van der Waals surface area contributed by atoms with E-state index in [-0.39, 0.29) is 31.0 Å². The number of hydrogen-bond donors (Lipinski definition) is 1. The number of halogens is 2. The highest BCUT2D eigenvalue weighted by molar-refractivity contribution is 6.36. The molecule has 0 aromatic heterocycles. The zero-order valence-corrected chi connectivity index (χ0v) is 20.0. The number of ether oxygens (including phenoxy) is 1. The maximum atomic E-state index is 13.2. The van der Waals surface area contributed by atoms with Crippen LogP contribution in [0.2, 0.25) is 10.0 Å². The van der Waals surface area contributed by atoms with Gasteiger partial charge in [-0.3, -0.25) is 9.59 Å². The predicted octanol–water partition coefficient (Wildman–Crippen LogP) is 5.40. The molecule has 0 heterocycles. The Bertz CT molecular complexity index is 884. The average Bonchev–Trinajstić information content (AvgIpc) is 2.74. The van der Waals surface area contributed by atoms with Crippen LogP contribution in [0.25, 0.3) is 0 Å². The summed E-state index contributed by atoms with van der Waals surface area (Å²) in [4.78, 5) is 27.7. The van der Waals surface area contributed by atoms with Gasteiger partial charge in [0.25, 0.3) is 5.91 Å². The molecule has 168 valence electrons. The summed E-state index contributed by atoms with van der Waals surface area (Å²) < 4.78 is 5.77. The largest absolute Gasteiger partial charge is 0.484 e. The molecule has 31 heavy (non-hydrogen) atoms. The van der Waals surface area contributed by atoms with Crippen molar-refractivity contribution in [3.8, 4) is 5.75 Å². The number of amides is 2. The lowest BCUT2D eigenvalue weighted by molar-refractivity contribution is -0.143. The second-order valence-electron chi connectivity index (χ2n) is 7.52. The van der Waals surface area contributed by atoms with Gasteiger partial charge in [0, 0.05) is 28.2 Å². The maximum absolute atomic E-state index is 13.2. The molecule has 2 aromatic carbocycles. The van der Waals surface area contributed by atoms with Crippen molar-refractivity contribution in [1.29, 1.82) is 0 Å². The zero-order chi connectivity index (χ0) is 23.0. The van der Waals surface area contributed by atoms with Gasteiger partial charge in [0.1, 0.15) is 11.8 Å². The third-order valence-corrected chi connectivity index (χ3v) is 5.93. The van der Waals surface area contributed by atoms with E-state index in [1.807, 2.05) is 52.0 Å². The topological polar surface area (TPSA) is 58.6 Å². The Hall–Kier alpha value is -2.24. The van der Waals surface area contributed by atoms with Crippen LogP contribution < -0.4 is 10.1 Å². The van der Waals surface area contributed by atoms with Gasteiger partial charge in [-0.05, 0) is 50.5 Å². The van der Waals surface area contributed by atoms with Gasteiger partial charge in [-0.25, -0.2) is 0 Å². The summed E-state index contributed by atoms with van der Waals surface area (Å²) in [7, 11) is 0. The van der Waals surface area contributed by atoms with Gasteiger partial charge in [-0.15, -0.1) is 0 Å². The molecule has 0 spiro atoms. The van der Waals surface area contributed by atoms with Gasteiger partial charge in [0.05, 0.1) is 0 Å². The van der Waals surface area contributed by atoms with Crippen LogP contribution in [-0.4, -0.2) is 35.4 Å². The summed E-state index contributed by atoms with van der Waals surface area (Å²) in [6.45, 7) is 7.63. The third kappa shape index (κ3) is 6.88. The van der Waals surface area contributed by atoms with E-state index < -0.39 is 6.04 Å². The van der Waals surface area contributed by atoms with E-state index in [2.05, 4.69) is 5.32 Å². The van der Waals surface area contributed by atoms with Crippen LogP contribution in [0.3, 0.4) is 0 Å². The summed E-state index contributed by atoms with van der Waals surface area (Å²) >= 11 is 12.7. The molecular weight excluding hydrogens is 435 g/mol. The number of para-hydroxylation sites is 1. The van der Waals surface area contributed by atoms with Crippen LogP contribution in [0.15, 0.2) is 42.5 Å². The van der Waals surface area contributed by atoms with Crippen molar-refractivity contribution in [2.45, 2.75) is 59.2 Å². The van der Waals surface area contributed by atoms with E-state index in [0.717, 1.165) is 12.0 Å². The Labute approximate surface area is 194 Å². The first-order valence-electron chi connectivity index (χ1n) is 10.5. The standard InChI is InChI=1S/C24H30Cl2N2O3/c1-5-17(4)27-24(30)21(6-2)28(14-18-19(25)11-9-12-20(18)26)23(29)15-31-22-13-8-7-10-16(22)3/h7-13,17,21H,5-6,14-15H2,1-4H3,(H,27,30)/t17-,21-/m0/s1. The third-order valence-electron chi connectivity index (χ3n) is 5.22. The number of nitrogens with zero attached hydrogens (tertiary/aromatic N) is 1. The quantitative estimate of drug-likeness (QED) is 0.511. The van der Waals surface area contributed by atoms with Crippen LogP contribution in [0.5, 0.6) is 5.75 Å². The smallest absolute Gasteiger partial charge is 0.261 e. The minimum absolute atomic E-state index is 0.00521. The number of aryl methyl sites for hydroxylation is 1. The predicted molar refractivity (Wildman–Crippen MR) is 126 cm³/mol. The molecule has 0 aliphatic rings. The Balaban J connectivity index is 2.30. The summed E-state index contributed by atoms with van der Waals surface area (Å²) in [5.41, 5.74) is 1.53. The van der Waals surface area contributed by atoms with Crippen molar-refractivity contribution in [1.82, 2.24) is 10.2 Å². The molecule has 2 aromatic rings. The first kappa shape index (κ1) is 25.0. The molecule has 0 radical (unpaired) electrons. The first-order valence-corrected chi connectivity index (χ1v) is 11.2. The number of benzene rings is 2. The lowest BCUT2D eigenvalue weighted by Gasteiger charge is -2.32. The fourth-order valence-corrected chi connectivity index (χ4v) is 3.67. The highest BCUT2D eigenvalue weighted by Crippen LogP contribution is 2.27. The molecule has 0 fully saturated rings. The van der Waals surface area contributed by atoms with Crippen molar-refractivity contribution >= 4 is 35.0 Å². The zero-order valence-electron chi connectivity index (χ0n) is 18.5. The van der Waals surface area contributed by atoms with E-state index in [4.69, 9.17) is 27.9 Å². The van der Waals surface area contributed by atoms with Crippen molar-refractivity contribution in [2.24, 2.45) is 0 Å². The second-order valence-corrected chi connectivity index (χ2v) is 8.33. The average molecular weight is 465 g/mol. The van der Waals surface area contributed by atoms with Gasteiger partial charge in [-0.2, -0.15) is 0 Å². The molecule has 7 heteroatoms. The van der Waals surface area contributed by atoms with E-state index in [1.54, 1.807) is 18.2 Å². The van der Waals surface area contributed by atoms with E-state index in [0.29, 0.717) is 27.8 Å². The summed E-state index contributed by atoms with van der Waals surface area (Å²) in [5.74, 6) is 0.110. The van der Waals surface area contributed by atoms with Gasteiger partial charge >= 0.3 is 0 Å². The van der Waals surface area contributed by atoms with Gasteiger partial charge < -0.3 is 15.0 Å². The SMILES string of the molecule is CC[C@H](C)NC(=O)[C@H](CC)N(Cc1c(Cl)cccc1Cl)C(=O)COc1ccccc1C. The summed E-state index contributed by atoms with van der Waals surface area (Å²) in [6, 6.07) is 12.0. The molecule has 0 saturated carbocycles. The Kier molecular flexibility index (Phi) is 9.66. The molecule has 0 saturated heterocycles. The molecule has 5 nitrogen and oxygen atoms in total. The molecule has 0 aliphatic heterocycles. The number of carbonyl (C=O) groups excluding carboxylic acids is 2. The normalized spacial score (nSPS) is 12.7. The van der Waals surface area contributed by atoms with Crippen LogP contribution in [0, 0.1) is 6.92 Å². The fraction of sp³-hybridized carbons (Fsp3) is 0.417. The Morgan fingerprint density at radius 3 is 2.26 bits per heavy atom. The van der Waals surface area contributed by atoms with Gasteiger partial charge in [0.2, 0.25) is 5.91 Å². The molecule has 2 rings (SSSR count). The van der Waals surface area contributed by atoms with Gasteiger partial charge in [0.15, 0.2) is 6.61 Å². The van der Waals surface area contributed by atoms with Crippen LogP contribution in [0.4, 0.5) is 0 Å². The first-order chi connectivity index (χ1) is 14.8. The number of nitrogens with one attached hydrogen (secondary N) is 1. The summed E-state index contributed by atoms with van der Waals surface area (Å²) in [5, 5.41) is 3.87. The van der Waals surface area contributed by atoms with E-state index in [9.17, 15) is 9.59 Å². The molecule has 0 unspecified atom stereocenters. The molecule has 2 atom stereocenters. The lowest BCUT2D eigenvalue weighted by atomic mass is 10.1. The van der Waals surface area contributed by atoms with Crippen LogP contribution in [-0.2, 0) is 16.1 Å². The van der Waals surface area contributed by atoms with Crippen LogP contribution >= 0.6 is 23.2 Å². The summed E-state index contributed by atoms with van der Waals surface area (Å²) in [6.07, 6.45) is 1.24. The highest BCUT2D eigenvalue weighted by atomic mass is 35.5. The van der Waals surface area contributed by atoms with E-state index in [1.165, 1.54) is 4.90 Å². The minimum atomic E-state index is -0.672. The highest BCUT2D eigenvalue weighted by Gasteiger charge is 2.30. The Morgan fingerprint density at radius 1 is 1.03 bits per heavy atom. The van der Waals surface area contributed by atoms with E-state index >= 15 is 0 Å². The van der Waals surface area contributed by atoms with Gasteiger partial charge in [-0.1, -0.05) is 61.3 Å². The second kappa shape index (κ2) is 12.0. The minimum Gasteiger partial charge on any atom is -0.484 e. The van der Waals surface area contributed by atoms with Crippen molar-refractivity contribution < 1.29 is 14.3 Å². The van der Waals surface area contributed by atoms with Crippen molar-refractivity contribution in [3.63, 3.8) is 0 Å².